The molecule has 0 rings (SSSR count). The summed E-state index contributed by atoms with van der Waals surface area (Å²) in [5.41, 5.74) is 0. The van der Waals surface area contributed by atoms with Crippen LogP contribution in [-0.4, -0.2) is 13.1 Å². The van der Waals surface area contributed by atoms with E-state index in [1.54, 1.807) is 0 Å². The van der Waals surface area contributed by atoms with Crippen molar-refractivity contribution in [2.24, 2.45) is 5.92 Å². The molecule has 1 N–H and O–H groups in total. The summed E-state index contributed by atoms with van der Waals surface area (Å²) in [6, 6.07) is 0. The molecular formula is C13H25N. The summed E-state index contributed by atoms with van der Waals surface area (Å²) in [6.45, 7) is 6.38. The second-order valence-corrected chi connectivity index (χ2v) is 4.33. The summed E-state index contributed by atoms with van der Waals surface area (Å²) in [5.74, 6) is 3.45. The summed E-state index contributed by atoms with van der Waals surface area (Å²) in [7, 11) is 0. The van der Waals surface area contributed by atoms with Gasteiger partial charge in [-0.1, -0.05) is 51.9 Å². The van der Waals surface area contributed by atoms with Gasteiger partial charge in [0.15, 0.2) is 0 Å². The van der Waals surface area contributed by atoms with Gasteiger partial charge in [-0.3, -0.25) is 0 Å². The summed E-state index contributed by atoms with van der Waals surface area (Å²) in [6.07, 6.45) is 13.3. The van der Waals surface area contributed by atoms with Crippen LogP contribution in [0, 0.1) is 18.3 Å². The first-order valence-corrected chi connectivity index (χ1v) is 5.91. The summed E-state index contributed by atoms with van der Waals surface area (Å²) >= 11 is 0. The lowest BCUT2D eigenvalue weighted by atomic mass is 10.0. The fourth-order valence-corrected chi connectivity index (χ4v) is 1.49. The van der Waals surface area contributed by atoms with Gasteiger partial charge in [0.05, 0.1) is 6.54 Å². The number of terminal acetylenes is 1. The van der Waals surface area contributed by atoms with Crippen molar-refractivity contribution < 1.29 is 0 Å². The molecule has 0 amide bonds. The van der Waals surface area contributed by atoms with Gasteiger partial charge in [0.25, 0.3) is 0 Å². The number of unbranched alkanes of at least 4 members (excludes halogenated alkanes) is 4. The van der Waals surface area contributed by atoms with Gasteiger partial charge in [-0.15, -0.1) is 6.42 Å². The highest BCUT2D eigenvalue weighted by Gasteiger charge is 1.94. The largest absolute Gasteiger partial charge is 0.306 e. The summed E-state index contributed by atoms with van der Waals surface area (Å²) in [5, 5.41) is 3.21. The van der Waals surface area contributed by atoms with Gasteiger partial charge >= 0.3 is 0 Å². The minimum Gasteiger partial charge on any atom is -0.306 e. The van der Waals surface area contributed by atoms with Gasteiger partial charge in [-0.05, 0) is 18.9 Å². The Kier molecular flexibility index (Phi) is 10.2. The zero-order chi connectivity index (χ0) is 10.6. The Morgan fingerprint density at radius 3 is 2.36 bits per heavy atom. The second-order valence-electron chi connectivity index (χ2n) is 4.33. The van der Waals surface area contributed by atoms with E-state index in [-0.39, 0.29) is 0 Å². The first-order valence-electron chi connectivity index (χ1n) is 5.91. The highest BCUT2D eigenvalue weighted by molar-refractivity contribution is 4.86. The number of hydrogen-bond acceptors (Lipinski definition) is 1. The highest BCUT2D eigenvalue weighted by Crippen LogP contribution is 2.09. The average Bonchev–Trinajstić information content (AvgIpc) is 2.15. The van der Waals surface area contributed by atoms with Crippen molar-refractivity contribution in [2.75, 3.05) is 13.1 Å². The van der Waals surface area contributed by atoms with E-state index in [9.17, 15) is 0 Å². The van der Waals surface area contributed by atoms with Crippen molar-refractivity contribution in [3.05, 3.63) is 0 Å². The Bertz CT molecular complexity index is 144. The topological polar surface area (TPSA) is 12.0 Å². The van der Waals surface area contributed by atoms with E-state index in [0.29, 0.717) is 6.54 Å². The SMILES string of the molecule is C#CCNCCCCCCCC(C)C. The Morgan fingerprint density at radius 1 is 1.07 bits per heavy atom. The lowest BCUT2D eigenvalue weighted by Crippen LogP contribution is -2.14. The average molecular weight is 195 g/mol. The molecule has 0 radical (unpaired) electrons. The van der Waals surface area contributed by atoms with Crippen molar-refractivity contribution in [3.63, 3.8) is 0 Å². The van der Waals surface area contributed by atoms with Crippen LogP contribution in [0.25, 0.3) is 0 Å². The molecule has 1 heteroatoms. The molecule has 0 heterocycles. The quantitative estimate of drug-likeness (QED) is 0.440. The van der Waals surface area contributed by atoms with Crippen molar-refractivity contribution in [1.29, 1.82) is 0 Å². The molecule has 0 aliphatic rings. The predicted octanol–water partition coefficient (Wildman–Crippen LogP) is 3.21. The van der Waals surface area contributed by atoms with Gasteiger partial charge in [0.1, 0.15) is 0 Å². The summed E-state index contributed by atoms with van der Waals surface area (Å²) < 4.78 is 0. The Balaban J connectivity index is 2.89. The van der Waals surface area contributed by atoms with E-state index in [1.165, 1.54) is 38.5 Å². The number of rotatable bonds is 9. The highest BCUT2D eigenvalue weighted by atomic mass is 14.8. The van der Waals surface area contributed by atoms with Gasteiger partial charge in [-0.25, -0.2) is 0 Å². The maximum Gasteiger partial charge on any atom is 0.0573 e. The normalized spacial score (nSPS) is 10.4. The molecule has 0 aromatic rings. The standard InChI is InChI=1S/C13H25N/c1-4-11-14-12-9-7-5-6-8-10-13(2)3/h1,13-14H,5-12H2,2-3H3. The van der Waals surface area contributed by atoms with Crippen LogP contribution in [0.3, 0.4) is 0 Å². The monoisotopic (exact) mass is 195 g/mol. The summed E-state index contributed by atoms with van der Waals surface area (Å²) in [4.78, 5) is 0. The first-order chi connectivity index (χ1) is 6.77. The smallest absolute Gasteiger partial charge is 0.0573 e. The van der Waals surface area contributed by atoms with E-state index in [0.717, 1.165) is 12.5 Å². The first kappa shape index (κ1) is 13.5. The number of nitrogens with one attached hydrogen (secondary N) is 1. The van der Waals surface area contributed by atoms with Gasteiger partial charge < -0.3 is 5.32 Å². The fraction of sp³-hybridized carbons (Fsp3) is 0.846. The zero-order valence-corrected chi connectivity index (χ0v) is 9.81. The van der Waals surface area contributed by atoms with Crippen LogP contribution in [-0.2, 0) is 0 Å². The third kappa shape index (κ3) is 11.5. The molecule has 0 aliphatic carbocycles. The van der Waals surface area contributed by atoms with Crippen LogP contribution >= 0.6 is 0 Å². The molecule has 82 valence electrons. The van der Waals surface area contributed by atoms with Crippen molar-refractivity contribution >= 4 is 0 Å². The van der Waals surface area contributed by atoms with E-state index < -0.39 is 0 Å². The van der Waals surface area contributed by atoms with Crippen LogP contribution < -0.4 is 5.32 Å². The second kappa shape index (κ2) is 10.6. The van der Waals surface area contributed by atoms with Crippen molar-refractivity contribution in [3.8, 4) is 12.3 Å². The van der Waals surface area contributed by atoms with E-state index in [1.807, 2.05) is 0 Å². The molecule has 14 heavy (non-hydrogen) atoms. The van der Waals surface area contributed by atoms with Crippen molar-refractivity contribution in [2.45, 2.75) is 52.4 Å². The maximum absolute atomic E-state index is 5.12. The Morgan fingerprint density at radius 2 is 1.71 bits per heavy atom. The molecule has 0 aromatic heterocycles. The van der Waals surface area contributed by atoms with Crippen LogP contribution in [0.1, 0.15) is 52.4 Å². The fourth-order valence-electron chi connectivity index (χ4n) is 1.49. The molecule has 0 saturated heterocycles. The lowest BCUT2D eigenvalue weighted by Gasteiger charge is -2.04. The molecule has 0 atom stereocenters. The van der Waals surface area contributed by atoms with Gasteiger partial charge in [-0.2, -0.15) is 0 Å². The third-order valence-corrected chi connectivity index (χ3v) is 2.36. The van der Waals surface area contributed by atoms with Gasteiger partial charge in [0, 0.05) is 0 Å². The van der Waals surface area contributed by atoms with E-state index >= 15 is 0 Å². The van der Waals surface area contributed by atoms with E-state index in [2.05, 4.69) is 25.1 Å². The molecule has 0 bridgehead atoms. The van der Waals surface area contributed by atoms with Crippen LogP contribution in [0.2, 0.25) is 0 Å². The number of hydrogen-bond donors (Lipinski definition) is 1. The minimum atomic E-state index is 0.716. The van der Waals surface area contributed by atoms with Gasteiger partial charge in [0.2, 0.25) is 0 Å². The maximum atomic E-state index is 5.12. The van der Waals surface area contributed by atoms with Crippen LogP contribution in [0.5, 0.6) is 0 Å². The zero-order valence-electron chi connectivity index (χ0n) is 9.81. The van der Waals surface area contributed by atoms with Crippen molar-refractivity contribution in [1.82, 2.24) is 5.32 Å². The predicted molar refractivity (Wildman–Crippen MR) is 64.2 cm³/mol. The molecule has 0 aliphatic heterocycles. The Labute approximate surface area is 89.7 Å². The van der Waals surface area contributed by atoms with Crippen LogP contribution in [0.4, 0.5) is 0 Å². The molecule has 1 nitrogen and oxygen atoms in total. The Hall–Kier alpha value is -0.480. The molecule has 0 saturated carbocycles. The molecule has 0 fully saturated rings. The lowest BCUT2D eigenvalue weighted by molar-refractivity contribution is 0.512. The molecular weight excluding hydrogens is 170 g/mol. The molecule has 0 unspecified atom stereocenters. The minimum absolute atomic E-state index is 0.716. The van der Waals surface area contributed by atoms with E-state index in [4.69, 9.17) is 6.42 Å². The van der Waals surface area contributed by atoms with Crippen LogP contribution in [0.15, 0.2) is 0 Å². The third-order valence-electron chi connectivity index (χ3n) is 2.36. The molecule has 0 spiro atoms. The molecule has 0 aromatic carbocycles.